The van der Waals surface area contributed by atoms with Crippen molar-refractivity contribution in [2.45, 2.75) is 30.7 Å². The third-order valence-corrected chi connectivity index (χ3v) is 5.72. The second kappa shape index (κ2) is 5.96. The Bertz CT molecular complexity index is 970. The Morgan fingerprint density at radius 2 is 2.19 bits per heavy atom. The molecule has 0 radical (unpaired) electrons. The fourth-order valence-electron chi connectivity index (χ4n) is 3.72. The van der Waals surface area contributed by atoms with Crippen LogP contribution in [-0.2, 0) is 4.87 Å². The van der Waals surface area contributed by atoms with E-state index in [0.717, 1.165) is 12.6 Å². The van der Waals surface area contributed by atoms with E-state index < -0.39 is 27.7 Å². The number of halogens is 2. The van der Waals surface area contributed by atoms with Crippen LogP contribution in [0.4, 0.5) is 10.1 Å². The number of alkyl halides is 1. The smallest absolute Gasteiger partial charge is 0.341 e. The van der Waals surface area contributed by atoms with Gasteiger partial charge in [-0.2, -0.15) is 0 Å². The van der Waals surface area contributed by atoms with Crippen molar-refractivity contribution in [3.8, 4) is 0 Å². The minimum Gasteiger partial charge on any atom is -0.477 e. The number of hydrogen-bond donors (Lipinski definition) is 3. The molecule has 1 saturated carbocycles. The summed E-state index contributed by atoms with van der Waals surface area (Å²) in [5, 5.41) is 12.5. The van der Waals surface area contributed by atoms with Crippen molar-refractivity contribution in [3.05, 3.63) is 39.4 Å². The molecule has 2 aliphatic rings. The molecule has 8 heteroatoms. The number of aromatic carboxylic acids is 1. The first kappa shape index (κ1) is 17.3. The predicted molar refractivity (Wildman–Crippen MR) is 97.9 cm³/mol. The molecule has 4 rings (SSSR count). The largest absolute Gasteiger partial charge is 0.477 e. The molecule has 0 spiro atoms. The van der Waals surface area contributed by atoms with Crippen molar-refractivity contribution in [3.63, 3.8) is 0 Å². The van der Waals surface area contributed by atoms with Gasteiger partial charge in [0, 0.05) is 42.8 Å². The van der Waals surface area contributed by atoms with Crippen molar-refractivity contribution in [2.75, 3.05) is 24.5 Å². The Morgan fingerprint density at radius 3 is 2.81 bits per heavy atom. The number of piperazine rings is 1. The van der Waals surface area contributed by atoms with Crippen LogP contribution < -0.4 is 15.6 Å². The van der Waals surface area contributed by atoms with E-state index in [0.29, 0.717) is 42.7 Å². The van der Waals surface area contributed by atoms with E-state index in [1.807, 2.05) is 11.8 Å². The van der Waals surface area contributed by atoms with Crippen LogP contribution in [0.3, 0.4) is 0 Å². The van der Waals surface area contributed by atoms with Crippen molar-refractivity contribution in [2.24, 2.45) is 0 Å². The summed E-state index contributed by atoms with van der Waals surface area (Å²) in [5.74, 6) is -1.89. The third kappa shape index (κ3) is 2.66. The Hall–Kier alpha value is -2.12. The van der Waals surface area contributed by atoms with Crippen LogP contribution in [0.15, 0.2) is 17.1 Å². The van der Waals surface area contributed by atoms with Crippen LogP contribution in [0.5, 0.6) is 0 Å². The third-order valence-electron chi connectivity index (χ3n) is 5.16. The van der Waals surface area contributed by atoms with Gasteiger partial charge in [0.25, 0.3) is 0 Å². The van der Waals surface area contributed by atoms with E-state index in [4.69, 9.17) is 16.7 Å². The minimum absolute atomic E-state index is 0.0243. The lowest BCUT2D eigenvalue weighted by Gasteiger charge is -2.36. The van der Waals surface area contributed by atoms with Gasteiger partial charge in [0.1, 0.15) is 11.4 Å². The number of aromatic nitrogens is 1. The number of nitrogens with zero attached hydrogens (tertiary/aromatic N) is 1. The molecule has 1 aliphatic carbocycles. The standard InChI is InChI=1S/C18H19ClFN3O3/c1-9-8-23(5-4-21-9)15-12(20)6-10-14(13(15)18(19)2-3-18)22-7-11(16(10)24)17(25)26/h6-7,9,21H,2-5,8H2,1H3,(H,22,24)(H,25,26). The van der Waals surface area contributed by atoms with Crippen molar-refractivity contribution in [1.29, 1.82) is 0 Å². The molecule has 2 aromatic rings. The van der Waals surface area contributed by atoms with Gasteiger partial charge in [-0.1, -0.05) is 0 Å². The number of fused-ring (bicyclic) bond motifs is 1. The maximum atomic E-state index is 15.1. The molecule has 138 valence electrons. The molecule has 3 N–H and O–H groups in total. The summed E-state index contributed by atoms with van der Waals surface area (Å²) in [6.45, 7) is 4.01. The van der Waals surface area contributed by atoms with Gasteiger partial charge in [0.2, 0.25) is 5.43 Å². The Balaban J connectivity index is 2.01. The zero-order valence-electron chi connectivity index (χ0n) is 14.2. The van der Waals surface area contributed by atoms with Gasteiger partial charge < -0.3 is 20.3 Å². The highest BCUT2D eigenvalue weighted by atomic mass is 35.5. The maximum absolute atomic E-state index is 15.1. The monoisotopic (exact) mass is 379 g/mol. The maximum Gasteiger partial charge on any atom is 0.341 e. The van der Waals surface area contributed by atoms with Crippen LogP contribution in [0.25, 0.3) is 10.9 Å². The predicted octanol–water partition coefficient (Wildman–Crippen LogP) is 2.39. The van der Waals surface area contributed by atoms with E-state index in [-0.39, 0.29) is 11.4 Å². The number of hydrogen-bond acceptors (Lipinski definition) is 4. The molecular formula is C18H19ClFN3O3. The summed E-state index contributed by atoms with van der Waals surface area (Å²) in [5.41, 5.74) is 0.294. The van der Waals surface area contributed by atoms with Crippen LogP contribution in [0, 0.1) is 5.82 Å². The molecule has 0 amide bonds. The lowest BCUT2D eigenvalue weighted by molar-refractivity contribution is 0.0695. The summed E-state index contributed by atoms with van der Waals surface area (Å²) in [7, 11) is 0. The zero-order valence-corrected chi connectivity index (χ0v) is 15.0. The van der Waals surface area contributed by atoms with Gasteiger partial charge in [-0.25, -0.2) is 9.18 Å². The van der Waals surface area contributed by atoms with E-state index in [1.165, 1.54) is 6.20 Å². The number of benzene rings is 1. The molecule has 1 saturated heterocycles. The van der Waals surface area contributed by atoms with Crippen LogP contribution >= 0.6 is 11.6 Å². The van der Waals surface area contributed by atoms with Gasteiger partial charge in [-0.3, -0.25) is 4.79 Å². The van der Waals surface area contributed by atoms with Crippen molar-refractivity contribution >= 4 is 34.2 Å². The van der Waals surface area contributed by atoms with Gasteiger partial charge in [0.05, 0.1) is 16.1 Å². The first-order valence-corrected chi connectivity index (χ1v) is 8.98. The summed E-state index contributed by atoms with van der Waals surface area (Å²) < 4.78 is 15.1. The highest BCUT2D eigenvalue weighted by Crippen LogP contribution is 2.56. The number of carboxylic acids is 1. The Morgan fingerprint density at radius 1 is 1.46 bits per heavy atom. The number of pyridine rings is 1. The second-order valence-electron chi connectivity index (χ2n) is 7.11. The fourth-order valence-corrected chi connectivity index (χ4v) is 4.00. The van der Waals surface area contributed by atoms with Crippen molar-refractivity contribution in [1.82, 2.24) is 10.3 Å². The molecule has 1 aromatic carbocycles. The minimum atomic E-state index is -1.35. The van der Waals surface area contributed by atoms with E-state index in [1.54, 1.807) is 0 Å². The topological polar surface area (TPSA) is 85.4 Å². The van der Waals surface area contributed by atoms with E-state index in [9.17, 15) is 9.59 Å². The van der Waals surface area contributed by atoms with E-state index >= 15 is 4.39 Å². The van der Waals surface area contributed by atoms with Crippen LogP contribution in [0.2, 0.25) is 0 Å². The average Bonchev–Trinajstić information content (AvgIpc) is 3.33. The highest BCUT2D eigenvalue weighted by Gasteiger charge is 2.47. The summed E-state index contributed by atoms with van der Waals surface area (Å²) in [6.07, 6.45) is 2.54. The highest BCUT2D eigenvalue weighted by molar-refractivity contribution is 6.27. The Kier molecular flexibility index (Phi) is 3.96. The molecule has 0 bridgehead atoms. The number of carboxylic acid groups (broad SMARTS) is 1. The Labute approximate surface area is 154 Å². The molecule has 2 heterocycles. The van der Waals surface area contributed by atoms with Crippen LogP contribution in [0.1, 0.15) is 35.7 Å². The number of anilines is 1. The molecule has 1 atom stereocenters. The molecule has 1 unspecified atom stereocenters. The molecule has 1 aliphatic heterocycles. The summed E-state index contributed by atoms with van der Waals surface area (Å²) >= 11 is 6.69. The first-order chi connectivity index (χ1) is 12.3. The van der Waals surface area contributed by atoms with Gasteiger partial charge >= 0.3 is 5.97 Å². The molecule has 26 heavy (non-hydrogen) atoms. The fraction of sp³-hybridized carbons (Fsp3) is 0.444. The quantitative estimate of drug-likeness (QED) is 0.713. The lowest BCUT2D eigenvalue weighted by Crippen LogP contribution is -2.50. The van der Waals surface area contributed by atoms with Gasteiger partial charge in [-0.05, 0) is 25.8 Å². The molecular weight excluding hydrogens is 361 g/mol. The van der Waals surface area contributed by atoms with Gasteiger partial charge in [-0.15, -0.1) is 11.6 Å². The van der Waals surface area contributed by atoms with E-state index in [2.05, 4.69) is 10.3 Å². The lowest BCUT2D eigenvalue weighted by atomic mass is 9.99. The number of H-pyrrole nitrogens is 1. The van der Waals surface area contributed by atoms with Crippen molar-refractivity contribution < 1.29 is 14.3 Å². The zero-order chi connectivity index (χ0) is 18.6. The SMILES string of the molecule is CC1CN(c2c(F)cc3c(=O)c(C(=O)O)c[nH]c3c2C2(Cl)CC2)CCN1. The average molecular weight is 380 g/mol. The number of carbonyl (C=O) groups is 1. The summed E-state index contributed by atoms with van der Waals surface area (Å²) in [6, 6.07) is 1.33. The normalized spacial score (nSPS) is 21.8. The number of aromatic amines is 1. The molecule has 6 nitrogen and oxygen atoms in total. The molecule has 1 aromatic heterocycles. The first-order valence-electron chi connectivity index (χ1n) is 8.61. The van der Waals surface area contributed by atoms with Gasteiger partial charge in [0.15, 0.2) is 0 Å². The second-order valence-corrected chi connectivity index (χ2v) is 7.83. The van der Waals surface area contributed by atoms with Crippen LogP contribution in [-0.4, -0.2) is 41.7 Å². The summed E-state index contributed by atoms with van der Waals surface area (Å²) in [4.78, 5) is 27.9. The molecule has 2 fully saturated rings. The number of nitrogens with one attached hydrogen (secondary N) is 2. The number of rotatable bonds is 3.